The van der Waals surface area contributed by atoms with E-state index >= 15 is 0 Å². The lowest BCUT2D eigenvalue weighted by molar-refractivity contribution is -0.352. The Morgan fingerprint density at radius 2 is 1.42 bits per heavy atom. The summed E-state index contributed by atoms with van der Waals surface area (Å²) in [5.41, 5.74) is -1.01. The Morgan fingerprint density at radius 1 is 0.767 bits per heavy atom. The van der Waals surface area contributed by atoms with Crippen LogP contribution in [0.2, 0.25) is 0 Å². The van der Waals surface area contributed by atoms with E-state index in [1.54, 1.807) is 0 Å². The zero-order valence-electron chi connectivity index (χ0n) is 23.1. The highest BCUT2D eigenvalue weighted by atomic mass is 16.8. The lowest BCUT2D eigenvalue weighted by atomic mass is 9.98. The van der Waals surface area contributed by atoms with E-state index < -0.39 is 84.1 Å². The van der Waals surface area contributed by atoms with Gasteiger partial charge >= 0.3 is 0 Å². The fourth-order valence-electron chi connectivity index (χ4n) is 5.02. The van der Waals surface area contributed by atoms with Crippen LogP contribution in [0.15, 0.2) is 39.5 Å². The summed E-state index contributed by atoms with van der Waals surface area (Å²) < 4.78 is 34.0. The van der Waals surface area contributed by atoms with Crippen LogP contribution in [0, 0.1) is 0 Å². The number of fused-ring (bicyclic) bond motifs is 1. The van der Waals surface area contributed by atoms with Gasteiger partial charge in [-0.3, -0.25) is 4.79 Å². The van der Waals surface area contributed by atoms with Gasteiger partial charge in [0.25, 0.3) is 0 Å². The van der Waals surface area contributed by atoms with Crippen molar-refractivity contribution in [2.45, 2.75) is 75.3 Å². The molecular formula is C28H32O15. The molecule has 2 aliphatic heterocycles. The minimum atomic E-state index is -1.79. The molecule has 5 rings (SSSR count). The van der Waals surface area contributed by atoms with E-state index in [-0.39, 0.29) is 33.8 Å². The summed E-state index contributed by atoms with van der Waals surface area (Å²) in [5, 5.41) is 82.4. The maximum Gasteiger partial charge on any atom is 0.239 e. The molecule has 3 heterocycles. The average Bonchev–Trinajstić information content (AvgIpc) is 2.96. The van der Waals surface area contributed by atoms with Crippen LogP contribution in [0.3, 0.4) is 0 Å². The standard InChI is InChI=1S/C28H32O15/c1-9-18(32)21(35)23(37)27(39-9)43-26-22(36)19(33)10(2)40-28(26)42-25-20(34)17-14(31)7-12(29)8-16(17)41-24(25)11-4-5-13(30)15(6-11)38-3/h4-10,18-19,21-23,26-33,35-37H,1-3H3/t9?,10?,18-,19-,21?,22?,23-,26-,27-,28-/m0/s1. The highest BCUT2D eigenvalue weighted by Crippen LogP contribution is 2.40. The molecule has 10 atom stereocenters. The molecule has 4 unspecified atom stereocenters. The number of hydrogen-bond donors (Lipinski definition) is 8. The van der Waals surface area contributed by atoms with Crippen LogP contribution in [-0.4, -0.2) is 109 Å². The number of aromatic hydroxyl groups is 3. The van der Waals surface area contributed by atoms with Crippen LogP contribution < -0.4 is 14.9 Å². The first-order valence-corrected chi connectivity index (χ1v) is 13.3. The van der Waals surface area contributed by atoms with Gasteiger partial charge in [0, 0.05) is 17.7 Å². The zero-order chi connectivity index (χ0) is 31.3. The normalized spacial score (nSPS) is 32.9. The number of phenols is 3. The Bertz CT molecular complexity index is 1540. The fraction of sp³-hybridized carbons (Fsp3) is 0.464. The van der Waals surface area contributed by atoms with Gasteiger partial charge in [-0.25, -0.2) is 0 Å². The van der Waals surface area contributed by atoms with E-state index in [9.17, 15) is 45.6 Å². The monoisotopic (exact) mass is 608 g/mol. The van der Waals surface area contributed by atoms with Crippen LogP contribution in [0.4, 0.5) is 0 Å². The van der Waals surface area contributed by atoms with E-state index in [1.807, 2.05) is 0 Å². The molecule has 3 aromatic rings. The summed E-state index contributed by atoms with van der Waals surface area (Å²) in [6.07, 6.45) is -15.2. The predicted octanol–water partition coefficient (Wildman–Crippen LogP) is -0.357. The molecule has 2 fully saturated rings. The van der Waals surface area contributed by atoms with Crippen LogP contribution >= 0.6 is 0 Å². The number of benzene rings is 2. The maximum atomic E-state index is 13.8. The summed E-state index contributed by atoms with van der Waals surface area (Å²) in [4.78, 5) is 13.8. The van der Waals surface area contributed by atoms with Gasteiger partial charge in [-0.1, -0.05) is 0 Å². The van der Waals surface area contributed by atoms with Gasteiger partial charge in [-0.2, -0.15) is 0 Å². The van der Waals surface area contributed by atoms with Crippen molar-refractivity contribution in [3.05, 3.63) is 40.6 Å². The Balaban J connectivity index is 1.62. The molecule has 0 radical (unpaired) electrons. The minimum absolute atomic E-state index is 0.00513. The second-order valence-electron chi connectivity index (χ2n) is 10.4. The van der Waals surface area contributed by atoms with Crippen molar-refractivity contribution in [2.24, 2.45) is 0 Å². The lowest BCUT2D eigenvalue weighted by Gasteiger charge is -2.45. The van der Waals surface area contributed by atoms with Gasteiger partial charge in [0.1, 0.15) is 53.0 Å². The molecule has 0 bridgehead atoms. The minimum Gasteiger partial charge on any atom is -0.508 e. The van der Waals surface area contributed by atoms with Gasteiger partial charge in [0.15, 0.2) is 29.7 Å². The molecule has 2 aliphatic rings. The van der Waals surface area contributed by atoms with E-state index in [0.29, 0.717) is 0 Å². The van der Waals surface area contributed by atoms with Crippen LogP contribution in [0.25, 0.3) is 22.3 Å². The first-order valence-electron chi connectivity index (χ1n) is 13.3. The van der Waals surface area contributed by atoms with Crippen molar-refractivity contribution in [2.75, 3.05) is 7.11 Å². The smallest absolute Gasteiger partial charge is 0.239 e. The van der Waals surface area contributed by atoms with E-state index in [1.165, 1.54) is 39.2 Å². The highest BCUT2D eigenvalue weighted by molar-refractivity contribution is 5.88. The first kappa shape index (κ1) is 30.8. The number of aliphatic hydroxyl groups excluding tert-OH is 5. The Morgan fingerprint density at radius 3 is 2.09 bits per heavy atom. The molecule has 0 spiro atoms. The summed E-state index contributed by atoms with van der Waals surface area (Å²) in [6, 6.07) is 5.96. The topological polar surface area (TPSA) is 238 Å². The Hall–Kier alpha value is -3.67. The summed E-state index contributed by atoms with van der Waals surface area (Å²) in [6.45, 7) is 2.83. The van der Waals surface area contributed by atoms with Crippen molar-refractivity contribution in [1.82, 2.24) is 0 Å². The number of aliphatic hydroxyl groups is 5. The second kappa shape index (κ2) is 11.8. The Kier molecular flexibility index (Phi) is 8.43. The van der Waals surface area contributed by atoms with Crippen molar-refractivity contribution < 1.29 is 69.0 Å². The largest absolute Gasteiger partial charge is 0.508 e. The van der Waals surface area contributed by atoms with Crippen LogP contribution in [-0.2, 0) is 14.2 Å². The average molecular weight is 609 g/mol. The Labute approximate surface area is 243 Å². The van der Waals surface area contributed by atoms with Gasteiger partial charge in [0.05, 0.1) is 19.3 Å². The molecule has 0 aliphatic carbocycles. The third-order valence-electron chi connectivity index (χ3n) is 7.48. The molecule has 0 saturated carbocycles. The molecule has 234 valence electrons. The van der Waals surface area contributed by atoms with Crippen molar-refractivity contribution >= 4 is 11.0 Å². The van der Waals surface area contributed by atoms with Crippen LogP contribution in [0.5, 0.6) is 28.7 Å². The maximum absolute atomic E-state index is 13.8. The number of rotatable bonds is 6. The number of methoxy groups -OCH3 is 1. The third-order valence-corrected chi connectivity index (χ3v) is 7.48. The van der Waals surface area contributed by atoms with E-state index in [0.717, 1.165) is 12.1 Å². The quantitative estimate of drug-likeness (QED) is 0.178. The van der Waals surface area contributed by atoms with Gasteiger partial charge < -0.3 is 69.0 Å². The SMILES string of the molecule is COc1cc(-c2oc3cc(O)cc(O)c3c(=O)c2O[C@@H]2OC(C)[C@H](O)C(O)[C@@H]2O[C@@H]2OC(C)[C@H](O)C(O)[C@@H]2O)ccc1O. The summed E-state index contributed by atoms with van der Waals surface area (Å²) in [7, 11) is 1.30. The highest BCUT2D eigenvalue weighted by Gasteiger charge is 2.50. The molecule has 2 saturated heterocycles. The van der Waals surface area contributed by atoms with E-state index in [4.69, 9.17) is 28.1 Å². The number of hydrogen-bond acceptors (Lipinski definition) is 15. The zero-order valence-corrected chi connectivity index (χ0v) is 23.1. The number of phenolic OH excluding ortho intramolecular Hbond substituents is 3. The van der Waals surface area contributed by atoms with Crippen LogP contribution in [0.1, 0.15) is 13.8 Å². The van der Waals surface area contributed by atoms with Crippen molar-refractivity contribution in [3.63, 3.8) is 0 Å². The molecule has 43 heavy (non-hydrogen) atoms. The summed E-state index contributed by atoms with van der Waals surface area (Å²) in [5.74, 6) is -2.09. The first-order chi connectivity index (χ1) is 20.3. The third kappa shape index (κ3) is 5.57. The molecule has 15 heteroatoms. The second-order valence-corrected chi connectivity index (χ2v) is 10.4. The van der Waals surface area contributed by atoms with Gasteiger partial charge in [-0.05, 0) is 32.0 Å². The predicted molar refractivity (Wildman–Crippen MR) is 144 cm³/mol. The molecule has 0 amide bonds. The summed E-state index contributed by atoms with van der Waals surface area (Å²) >= 11 is 0. The van der Waals surface area contributed by atoms with Gasteiger partial charge in [0.2, 0.25) is 17.5 Å². The van der Waals surface area contributed by atoms with E-state index in [2.05, 4.69) is 0 Å². The fourth-order valence-corrected chi connectivity index (χ4v) is 5.02. The molecule has 1 aromatic heterocycles. The lowest BCUT2D eigenvalue weighted by Crippen LogP contribution is -2.63. The molecule has 15 nitrogen and oxygen atoms in total. The van der Waals surface area contributed by atoms with Gasteiger partial charge in [-0.15, -0.1) is 0 Å². The molecular weight excluding hydrogens is 576 g/mol. The molecule has 8 N–H and O–H groups in total. The molecule has 2 aromatic carbocycles. The van der Waals surface area contributed by atoms with Crippen molar-refractivity contribution in [3.8, 4) is 40.1 Å². The van der Waals surface area contributed by atoms with Crippen molar-refractivity contribution in [1.29, 1.82) is 0 Å². The number of ether oxygens (including phenoxy) is 5.